The minimum atomic E-state index is -0.156. The van der Waals surface area contributed by atoms with Gasteiger partial charge in [-0.15, -0.1) is 0 Å². The van der Waals surface area contributed by atoms with Crippen molar-refractivity contribution in [2.45, 2.75) is 76.8 Å². The van der Waals surface area contributed by atoms with Crippen LogP contribution >= 0.6 is 0 Å². The van der Waals surface area contributed by atoms with Gasteiger partial charge in [0.1, 0.15) is 0 Å². The lowest BCUT2D eigenvalue weighted by molar-refractivity contribution is -0.126. The maximum absolute atomic E-state index is 13.6. The highest BCUT2D eigenvalue weighted by molar-refractivity contribution is 6.24. The Morgan fingerprint density at radius 3 is 2.52 bits per heavy atom. The van der Waals surface area contributed by atoms with Gasteiger partial charge in [-0.05, 0) is 44.7 Å². The van der Waals surface area contributed by atoms with Gasteiger partial charge in [0, 0.05) is 32.3 Å². The summed E-state index contributed by atoms with van der Waals surface area (Å²) in [6.07, 6.45) is 9.19. The summed E-state index contributed by atoms with van der Waals surface area (Å²) in [4.78, 5) is 43.4. The second-order valence-electron chi connectivity index (χ2n) is 9.83. The van der Waals surface area contributed by atoms with E-state index in [1.54, 1.807) is 18.1 Å². The van der Waals surface area contributed by atoms with E-state index in [0.29, 0.717) is 24.3 Å². The van der Waals surface area contributed by atoms with Crippen molar-refractivity contribution in [3.63, 3.8) is 0 Å². The number of nitrogens with zero attached hydrogens (tertiary/aromatic N) is 2. The Morgan fingerprint density at radius 1 is 1.06 bits per heavy atom. The van der Waals surface area contributed by atoms with Crippen molar-refractivity contribution in [1.82, 2.24) is 10.2 Å². The topological polar surface area (TPSA) is 79.0 Å². The molecule has 4 rings (SSSR count). The standard InChI is InChI=1S/C26H37N3O4/c1-18(17-33-2)27-24(30)19-10-9-15-28(16-19)22-14-8-13-21-23(22)26(32)29(25(21)31)20-11-6-4-3-5-7-12-20/h8,13-14,18-20H,3-7,9-12,15-17H2,1-2H3,(H,27,30). The van der Waals surface area contributed by atoms with Crippen molar-refractivity contribution < 1.29 is 19.1 Å². The number of ether oxygens (including phenoxy) is 1. The summed E-state index contributed by atoms with van der Waals surface area (Å²) in [5.74, 6) is -0.434. The first kappa shape index (κ1) is 23.7. The molecule has 1 aliphatic carbocycles. The molecule has 7 nitrogen and oxygen atoms in total. The minimum Gasteiger partial charge on any atom is -0.383 e. The highest BCUT2D eigenvalue weighted by Crippen LogP contribution is 2.36. The van der Waals surface area contributed by atoms with Crippen LogP contribution in [0.5, 0.6) is 0 Å². The molecule has 1 aromatic rings. The zero-order valence-electron chi connectivity index (χ0n) is 20.0. The number of rotatable bonds is 6. The molecule has 1 saturated heterocycles. The Labute approximate surface area is 196 Å². The Bertz CT molecular complexity index is 878. The largest absolute Gasteiger partial charge is 0.383 e. The van der Waals surface area contributed by atoms with E-state index in [4.69, 9.17) is 4.74 Å². The third-order valence-electron chi connectivity index (χ3n) is 7.30. The average molecular weight is 456 g/mol. The quantitative estimate of drug-likeness (QED) is 0.661. The van der Waals surface area contributed by atoms with Crippen molar-refractivity contribution in [2.24, 2.45) is 5.92 Å². The number of carbonyl (C=O) groups is 3. The zero-order valence-corrected chi connectivity index (χ0v) is 20.0. The second-order valence-corrected chi connectivity index (χ2v) is 9.83. The Balaban J connectivity index is 1.53. The van der Waals surface area contributed by atoms with Crippen LogP contribution in [0.3, 0.4) is 0 Å². The summed E-state index contributed by atoms with van der Waals surface area (Å²) in [5.41, 5.74) is 1.83. The number of anilines is 1. The van der Waals surface area contributed by atoms with Gasteiger partial charge in [-0.25, -0.2) is 0 Å². The molecule has 0 radical (unpaired) electrons. The van der Waals surface area contributed by atoms with Crippen LogP contribution in [0.15, 0.2) is 18.2 Å². The first-order valence-corrected chi connectivity index (χ1v) is 12.6. The highest BCUT2D eigenvalue weighted by Gasteiger charge is 2.42. The molecule has 2 atom stereocenters. The van der Waals surface area contributed by atoms with Gasteiger partial charge in [-0.2, -0.15) is 0 Å². The summed E-state index contributed by atoms with van der Waals surface area (Å²) in [6, 6.07) is 5.52. The van der Waals surface area contributed by atoms with Gasteiger partial charge in [-0.1, -0.05) is 38.2 Å². The Kier molecular flexibility index (Phi) is 7.68. The van der Waals surface area contributed by atoms with Crippen LogP contribution in [0, 0.1) is 5.92 Å². The van der Waals surface area contributed by atoms with E-state index in [1.165, 1.54) is 19.3 Å². The van der Waals surface area contributed by atoms with E-state index < -0.39 is 0 Å². The van der Waals surface area contributed by atoms with Gasteiger partial charge in [-0.3, -0.25) is 19.3 Å². The smallest absolute Gasteiger partial charge is 0.263 e. The molecule has 0 bridgehead atoms. The number of nitrogens with one attached hydrogen (secondary N) is 1. The summed E-state index contributed by atoms with van der Waals surface area (Å²) in [7, 11) is 1.62. The number of imide groups is 1. The van der Waals surface area contributed by atoms with Crippen LogP contribution in [-0.2, 0) is 9.53 Å². The van der Waals surface area contributed by atoms with Crippen molar-refractivity contribution in [3.05, 3.63) is 29.3 Å². The SMILES string of the molecule is COCC(C)NC(=O)C1CCCN(c2cccc3c2C(=O)N(C2CCCCCCC2)C3=O)C1. The molecule has 2 unspecified atom stereocenters. The van der Waals surface area contributed by atoms with Crippen molar-refractivity contribution in [2.75, 3.05) is 31.7 Å². The van der Waals surface area contributed by atoms with Gasteiger partial charge in [0.25, 0.3) is 11.8 Å². The third kappa shape index (κ3) is 5.08. The zero-order chi connectivity index (χ0) is 23.4. The fourth-order valence-corrected chi connectivity index (χ4v) is 5.64. The molecule has 1 aromatic carbocycles. The van der Waals surface area contributed by atoms with Gasteiger partial charge in [0.15, 0.2) is 0 Å². The fourth-order valence-electron chi connectivity index (χ4n) is 5.64. The van der Waals surface area contributed by atoms with E-state index in [2.05, 4.69) is 10.2 Å². The molecule has 180 valence electrons. The van der Waals surface area contributed by atoms with Crippen LogP contribution < -0.4 is 10.2 Å². The van der Waals surface area contributed by atoms with Crippen LogP contribution in [0.4, 0.5) is 5.69 Å². The van der Waals surface area contributed by atoms with Crippen LogP contribution in [0.25, 0.3) is 0 Å². The minimum absolute atomic E-state index is 0.00676. The van der Waals surface area contributed by atoms with E-state index in [1.807, 2.05) is 19.1 Å². The van der Waals surface area contributed by atoms with Gasteiger partial charge in [0.05, 0.1) is 29.3 Å². The lowest BCUT2D eigenvalue weighted by atomic mass is 9.95. The average Bonchev–Trinajstić information content (AvgIpc) is 3.04. The first-order valence-electron chi connectivity index (χ1n) is 12.6. The first-order chi connectivity index (χ1) is 16.0. The summed E-state index contributed by atoms with van der Waals surface area (Å²) in [5, 5.41) is 3.03. The molecule has 33 heavy (non-hydrogen) atoms. The van der Waals surface area contributed by atoms with Gasteiger partial charge >= 0.3 is 0 Å². The lowest BCUT2D eigenvalue weighted by Gasteiger charge is -2.35. The van der Waals surface area contributed by atoms with E-state index in [-0.39, 0.29) is 35.7 Å². The monoisotopic (exact) mass is 455 g/mol. The summed E-state index contributed by atoms with van der Waals surface area (Å²) in [6.45, 7) is 3.73. The number of methoxy groups -OCH3 is 1. The van der Waals surface area contributed by atoms with Crippen molar-refractivity contribution in [1.29, 1.82) is 0 Å². The summed E-state index contributed by atoms with van der Waals surface area (Å²) >= 11 is 0. The maximum Gasteiger partial charge on any atom is 0.263 e. The number of piperidine rings is 1. The number of benzene rings is 1. The van der Waals surface area contributed by atoms with Crippen LogP contribution in [0.1, 0.15) is 85.4 Å². The fraction of sp³-hybridized carbons (Fsp3) is 0.654. The van der Waals surface area contributed by atoms with Crippen molar-refractivity contribution in [3.8, 4) is 0 Å². The van der Waals surface area contributed by atoms with E-state index in [0.717, 1.165) is 50.8 Å². The molecule has 1 N–H and O–H groups in total. The second kappa shape index (κ2) is 10.7. The molecule has 0 aromatic heterocycles. The molecule has 2 aliphatic heterocycles. The molecule has 1 saturated carbocycles. The van der Waals surface area contributed by atoms with Gasteiger partial charge in [0.2, 0.25) is 5.91 Å². The Hall–Kier alpha value is -2.41. The van der Waals surface area contributed by atoms with Crippen molar-refractivity contribution >= 4 is 23.4 Å². The normalized spacial score (nSPS) is 23.2. The number of carbonyl (C=O) groups excluding carboxylic acids is 3. The van der Waals surface area contributed by atoms with Gasteiger partial charge < -0.3 is 15.0 Å². The molecule has 2 heterocycles. The molecule has 0 spiro atoms. The number of fused-ring (bicyclic) bond motifs is 1. The third-order valence-corrected chi connectivity index (χ3v) is 7.30. The number of amides is 3. The molecule has 3 amide bonds. The molecule has 7 heteroatoms. The number of hydrogen-bond donors (Lipinski definition) is 1. The molecule has 2 fully saturated rings. The summed E-state index contributed by atoms with van der Waals surface area (Å²) < 4.78 is 5.13. The van der Waals surface area contributed by atoms with E-state index in [9.17, 15) is 14.4 Å². The molecular formula is C26H37N3O4. The lowest BCUT2D eigenvalue weighted by Crippen LogP contribution is -2.46. The van der Waals surface area contributed by atoms with Crippen LogP contribution in [0.2, 0.25) is 0 Å². The predicted molar refractivity (Wildman–Crippen MR) is 127 cm³/mol. The Morgan fingerprint density at radius 2 is 1.79 bits per heavy atom. The maximum atomic E-state index is 13.6. The predicted octanol–water partition coefficient (Wildman–Crippen LogP) is 3.76. The number of hydrogen-bond acceptors (Lipinski definition) is 5. The molecule has 3 aliphatic rings. The highest BCUT2D eigenvalue weighted by atomic mass is 16.5. The van der Waals surface area contributed by atoms with E-state index >= 15 is 0 Å². The van der Waals surface area contributed by atoms with Crippen LogP contribution in [-0.4, -0.2) is 61.5 Å². The molecular weight excluding hydrogens is 418 g/mol.